The summed E-state index contributed by atoms with van der Waals surface area (Å²) >= 11 is 2.05. The summed E-state index contributed by atoms with van der Waals surface area (Å²) in [6.07, 6.45) is 7.39. The van der Waals surface area contributed by atoms with Gasteiger partial charge in [0.05, 0.1) is 11.7 Å². The van der Waals surface area contributed by atoms with Crippen LogP contribution in [-0.4, -0.2) is 25.5 Å². The molecule has 1 aliphatic heterocycles. The Bertz CT molecular complexity index is 503. The van der Waals surface area contributed by atoms with Gasteiger partial charge in [-0.2, -0.15) is 11.8 Å². The monoisotopic (exact) mass is 234 g/mol. The van der Waals surface area contributed by atoms with Crippen LogP contribution in [0.1, 0.15) is 18.7 Å². The van der Waals surface area contributed by atoms with E-state index in [1.54, 1.807) is 12.1 Å². The summed E-state index contributed by atoms with van der Waals surface area (Å²) < 4.78 is 2.07. The van der Waals surface area contributed by atoms with E-state index in [0.717, 1.165) is 23.0 Å². The van der Waals surface area contributed by atoms with E-state index in [-0.39, 0.29) is 0 Å². The molecule has 0 saturated carbocycles. The molecule has 0 spiro atoms. The van der Waals surface area contributed by atoms with Crippen LogP contribution < -0.4 is 0 Å². The highest BCUT2D eigenvalue weighted by molar-refractivity contribution is 8.00. The van der Waals surface area contributed by atoms with Crippen LogP contribution >= 0.6 is 11.8 Å². The van der Waals surface area contributed by atoms with Crippen LogP contribution in [0.3, 0.4) is 0 Å². The highest BCUT2D eigenvalue weighted by Crippen LogP contribution is 2.29. The fourth-order valence-electron chi connectivity index (χ4n) is 2.20. The zero-order chi connectivity index (χ0) is 11.0. The lowest BCUT2D eigenvalue weighted by molar-refractivity contribution is 0.475. The maximum absolute atomic E-state index is 9.38. The molecule has 16 heavy (non-hydrogen) atoms. The molecule has 1 fully saturated rings. The smallest absolute Gasteiger partial charge is 0.119 e. The van der Waals surface area contributed by atoms with Crippen LogP contribution in [0.4, 0.5) is 0 Å². The van der Waals surface area contributed by atoms with Gasteiger partial charge >= 0.3 is 0 Å². The van der Waals surface area contributed by atoms with Gasteiger partial charge in [0.1, 0.15) is 11.6 Å². The summed E-state index contributed by atoms with van der Waals surface area (Å²) in [6, 6.07) is 3.46. The number of nitrogens with zero attached hydrogens (tertiary/aromatic N) is 2. The van der Waals surface area contributed by atoms with Crippen LogP contribution in [0, 0.1) is 0 Å². The molecule has 0 aliphatic carbocycles. The highest BCUT2D eigenvalue weighted by atomic mass is 32.2. The number of rotatable bonds is 2. The van der Waals surface area contributed by atoms with E-state index in [1.807, 2.05) is 24.2 Å². The van der Waals surface area contributed by atoms with Crippen LogP contribution in [-0.2, 0) is 6.42 Å². The molecule has 1 atom stereocenters. The van der Waals surface area contributed by atoms with Crippen LogP contribution in [0.5, 0.6) is 5.75 Å². The van der Waals surface area contributed by atoms with Crippen molar-refractivity contribution in [2.75, 3.05) is 5.75 Å². The second-order valence-electron chi connectivity index (χ2n) is 4.19. The van der Waals surface area contributed by atoms with E-state index in [4.69, 9.17) is 0 Å². The third kappa shape index (κ3) is 1.78. The predicted molar refractivity (Wildman–Crippen MR) is 66.0 cm³/mol. The van der Waals surface area contributed by atoms with Crippen LogP contribution in [0.2, 0.25) is 0 Å². The molecule has 0 bridgehead atoms. The molecule has 0 radical (unpaired) electrons. The number of hydrogen-bond acceptors (Lipinski definition) is 3. The fourth-order valence-corrected chi connectivity index (χ4v) is 3.47. The van der Waals surface area contributed by atoms with Gasteiger partial charge in [0.2, 0.25) is 0 Å². The largest absolute Gasteiger partial charge is 0.508 e. The van der Waals surface area contributed by atoms with Crippen molar-refractivity contribution in [3.05, 3.63) is 30.4 Å². The van der Waals surface area contributed by atoms with Crippen molar-refractivity contribution in [1.29, 1.82) is 0 Å². The topological polar surface area (TPSA) is 37.5 Å². The predicted octanol–water partition coefficient (Wildman–Crippen LogP) is 2.48. The molecular formula is C12H14N2OS. The summed E-state index contributed by atoms with van der Waals surface area (Å²) in [7, 11) is 0. The van der Waals surface area contributed by atoms with Gasteiger partial charge in [0, 0.05) is 23.9 Å². The number of imidazole rings is 1. The second kappa shape index (κ2) is 4.01. The molecule has 0 aromatic carbocycles. The van der Waals surface area contributed by atoms with Gasteiger partial charge in [-0.1, -0.05) is 0 Å². The molecule has 3 rings (SSSR count). The third-order valence-electron chi connectivity index (χ3n) is 3.03. The Hall–Kier alpha value is -1.16. The van der Waals surface area contributed by atoms with Gasteiger partial charge in [-0.25, -0.2) is 4.98 Å². The van der Waals surface area contributed by atoms with Crippen molar-refractivity contribution in [2.24, 2.45) is 0 Å². The van der Waals surface area contributed by atoms with Gasteiger partial charge in [0.25, 0.3) is 0 Å². The van der Waals surface area contributed by atoms with Gasteiger partial charge in [-0.15, -0.1) is 0 Å². The number of thioether (sulfide) groups is 1. The lowest BCUT2D eigenvalue weighted by Crippen LogP contribution is -2.05. The van der Waals surface area contributed by atoms with Crippen LogP contribution in [0.15, 0.2) is 24.5 Å². The molecular weight excluding hydrogens is 220 g/mol. The third-order valence-corrected chi connectivity index (χ3v) is 4.42. The maximum Gasteiger partial charge on any atom is 0.119 e. The number of aromatic hydroxyl groups is 1. The first kappa shape index (κ1) is 10.0. The van der Waals surface area contributed by atoms with Gasteiger partial charge in [-0.05, 0) is 24.7 Å². The molecule has 3 nitrogen and oxygen atoms in total. The van der Waals surface area contributed by atoms with Gasteiger partial charge in [-0.3, -0.25) is 0 Å². The van der Waals surface area contributed by atoms with E-state index in [1.165, 1.54) is 18.6 Å². The standard InChI is InChI=1S/C12H14N2OS/c15-10-3-4-14-9(6-10)8-13-12(14)7-11-2-1-5-16-11/h3-4,6,8,11,15H,1-2,5,7H2. The van der Waals surface area contributed by atoms with Gasteiger partial charge in [0.15, 0.2) is 0 Å². The van der Waals surface area contributed by atoms with Gasteiger partial charge < -0.3 is 9.51 Å². The number of aromatic nitrogens is 2. The summed E-state index contributed by atoms with van der Waals surface area (Å²) in [5.41, 5.74) is 0.970. The summed E-state index contributed by atoms with van der Waals surface area (Å²) in [5.74, 6) is 2.69. The molecule has 1 unspecified atom stereocenters. The first-order valence-electron chi connectivity index (χ1n) is 5.59. The lowest BCUT2D eigenvalue weighted by Gasteiger charge is -2.07. The van der Waals surface area contributed by atoms with E-state index in [9.17, 15) is 5.11 Å². The summed E-state index contributed by atoms with van der Waals surface area (Å²) in [5, 5.41) is 10.1. The minimum atomic E-state index is 0.300. The quantitative estimate of drug-likeness (QED) is 0.867. The molecule has 84 valence electrons. The zero-order valence-electron chi connectivity index (χ0n) is 8.97. The first-order chi connectivity index (χ1) is 7.83. The average molecular weight is 234 g/mol. The Kier molecular flexibility index (Phi) is 2.52. The zero-order valence-corrected chi connectivity index (χ0v) is 9.78. The van der Waals surface area contributed by atoms with Crippen molar-refractivity contribution in [1.82, 2.24) is 9.38 Å². The van der Waals surface area contributed by atoms with Crippen molar-refractivity contribution >= 4 is 17.3 Å². The molecule has 1 N–H and O–H groups in total. The Labute approximate surface area is 98.5 Å². The van der Waals surface area contributed by atoms with E-state index >= 15 is 0 Å². The fraction of sp³-hybridized carbons (Fsp3) is 0.417. The lowest BCUT2D eigenvalue weighted by atomic mass is 10.2. The van der Waals surface area contributed by atoms with E-state index in [2.05, 4.69) is 9.38 Å². The normalized spacial score (nSPS) is 20.6. The Morgan fingerprint density at radius 2 is 2.50 bits per heavy atom. The van der Waals surface area contributed by atoms with Crippen molar-refractivity contribution in [3.8, 4) is 5.75 Å². The highest BCUT2D eigenvalue weighted by Gasteiger charge is 2.18. The Morgan fingerprint density at radius 1 is 1.56 bits per heavy atom. The average Bonchev–Trinajstić information content (AvgIpc) is 2.89. The number of hydrogen-bond donors (Lipinski definition) is 1. The molecule has 3 heterocycles. The second-order valence-corrected chi connectivity index (χ2v) is 5.60. The van der Waals surface area contributed by atoms with Crippen LogP contribution in [0.25, 0.3) is 5.52 Å². The summed E-state index contributed by atoms with van der Waals surface area (Å²) in [6.45, 7) is 0. The molecule has 2 aromatic heterocycles. The van der Waals surface area contributed by atoms with Crippen molar-refractivity contribution < 1.29 is 5.11 Å². The minimum Gasteiger partial charge on any atom is -0.508 e. The SMILES string of the molecule is Oc1ccn2c(CC3CCCS3)ncc2c1. The molecule has 4 heteroatoms. The molecule has 2 aromatic rings. The maximum atomic E-state index is 9.38. The Morgan fingerprint density at radius 3 is 3.31 bits per heavy atom. The molecule has 0 amide bonds. The first-order valence-corrected chi connectivity index (χ1v) is 6.64. The van der Waals surface area contributed by atoms with Crippen molar-refractivity contribution in [2.45, 2.75) is 24.5 Å². The van der Waals surface area contributed by atoms with E-state index < -0.39 is 0 Å². The molecule has 1 saturated heterocycles. The number of pyridine rings is 1. The number of fused-ring (bicyclic) bond motifs is 1. The minimum absolute atomic E-state index is 0.300. The summed E-state index contributed by atoms with van der Waals surface area (Å²) in [4.78, 5) is 4.44. The van der Waals surface area contributed by atoms with Crippen molar-refractivity contribution in [3.63, 3.8) is 0 Å². The molecule has 1 aliphatic rings. The van der Waals surface area contributed by atoms with E-state index in [0.29, 0.717) is 5.75 Å². The Balaban J connectivity index is 1.91.